The summed E-state index contributed by atoms with van der Waals surface area (Å²) in [6, 6.07) is 4.07. The van der Waals surface area contributed by atoms with Crippen LogP contribution < -0.4 is 10.5 Å². The number of benzene rings is 1. The van der Waals surface area contributed by atoms with Crippen LogP contribution in [0, 0.1) is 6.92 Å². The van der Waals surface area contributed by atoms with Gasteiger partial charge in [0.05, 0.1) is 7.11 Å². The van der Waals surface area contributed by atoms with E-state index in [1.165, 1.54) is 16.7 Å². The van der Waals surface area contributed by atoms with Gasteiger partial charge in [-0.15, -0.1) is 0 Å². The Morgan fingerprint density at radius 3 is 2.76 bits per heavy atom. The van der Waals surface area contributed by atoms with Crippen LogP contribution >= 0.6 is 0 Å². The van der Waals surface area contributed by atoms with Gasteiger partial charge in [0.1, 0.15) is 5.75 Å². The molecule has 1 aromatic rings. The zero-order valence-electron chi connectivity index (χ0n) is 10.6. The molecular formula is C14H19NO2. The van der Waals surface area contributed by atoms with E-state index in [-0.39, 0.29) is 11.8 Å². The first-order chi connectivity index (χ1) is 8.04. The lowest BCUT2D eigenvalue weighted by molar-refractivity contribution is -0.118. The molecule has 1 amide bonds. The molecule has 0 saturated heterocycles. The highest BCUT2D eigenvalue weighted by Crippen LogP contribution is 2.48. The van der Waals surface area contributed by atoms with Crippen molar-refractivity contribution in [2.45, 2.75) is 38.5 Å². The van der Waals surface area contributed by atoms with Gasteiger partial charge in [0.2, 0.25) is 5.91 Å². The van der Waals surface area contributed by atoms with Crippen LogP contribution in [0.15, 0.2) is 12.1 Å². The van der Waals surface area contributed by atoms with Crippen LogP contribution in [0.2, 0.25) is 0 Å². The summed E-state index contributed by atoms with van der Waals surface area (Å²) >= 11 is 0. The van der Waals surface area contributed by atoms with E-state index < -0.39 is 0 Å². The van der Waals surface area contributed by atoms with Gasteiger partial charge in [-0.05, 0) is 42.4 Å². The predicted molar refractivity (Wildman–Crippen MR) is 67.3 cm³/mol. The summed E-state index contributed by atoms with van der Waals surface area (Å²) in [5.74, 6) is 1.40. The van der Waals surface area contributed by atoms with E-state index in [1.54, 1.807) is 7.11 Å². The summed E-state index contributed by atoms with van der Waals surface area (Å²) in [5, 5.41) is 0. The Kier molecular flexibility index (Phi) is 3.09. The van der Waals surface area contributed by atoms with Crippen LogP contribution in [0.1, 0.15) is 48.3 Å². The fourth-order valence-corrected chi connectivity index (χ4v) is 3.04. The van der Waals surface area contributed by atoms with Gasteiger partial charge in [-0.2, -0.15) is 0 Å². The molecule has 1 aliphatic carbocycles. The van der Waals surface area contributed by atoms with Crippen molar-refractivity contribution < 1.29 is 9.53 Å². The molecule has 92 valence electrons. The number of methoxy groups -OCH3 is 1. The lowest BCUT2D eigenvalue weighted by Crippen LogP contribution is -2.14. The van der Waals surface area contributed by atoms with Crippen LogP contribution in [0.4, 0.5) is 0 Å². The van der Waals surface area contributed by atoms with E-state index >= 15 is 0 Å². The molecule has 0 saturated carbocycles. The van der Waals surface area contributed by atoms with Crippen molar-refractivity contribution in [1.82, 2.24) is 0 Å². The summed E-state index contributed by atoms with van der Waals surface area (Å²) in [4.78, 5) is 11.1. The number of carbonyl (C=O) groups excluding carboxylic acids is 1. The van der Waals surface area contributed by atoms with E-state index in [4.69, 9.17) is 10.5 Å². The number of hydrogen-bond acceptors (Lipinski definition) is 2. The van der Waals surface area contributed by atoms with Crippen LogP contribution in [0.3, 0.4) is 0 Å². The van der Waals surface area contributed by atoms with E-state index in [1.807, 2.05) is 6.07 Å². The molecule has 0 bridgehead atoms. The molecule has 3 heteroatoms. The third-order valence-corrected chi connectivity index (χ3v) is 3.67. The number of amides is 1. The number of ether oxygens (including phenoxy) is 1. The Morgan fingerprint density at radius 1 is 1.47 bits per heavy atom. The van der Waals surface area contributed by atoms with Crippen molar-refractivity contribution in [1.29, 1.82) is 0 Å². The highest BCUT2D eigenvalue weighted by atomic mass is 16.5. The zero-order valence-corrected chi connectivity index (χ0v) is 10.6. The third kappa shape index (κ3) is 2.02. The van der Waals surface area contributed by atoms with E-state index in [0.717, 1.165) is 12.2 Å². The number of nitrogens with two attached hydrogens (primary N) is 1. The van der Waals surface area contributed by atoms with Crippen molar-refractivity contribution in [2.75, 3.05) is 7.11 Å². The van der Waals surface area contributed by atoms with Crippen LogP contribution in [0.5, 0.6) is 5.75 Å². The topological polar surface area (TPSA) is 52.3 Å². The number of fused-ring (bicyclic) bond motifs is 1. The Morgan fingerprint density at radius 2 is 2.18 bits per heavy atom. The van der Waals surface area contributed by atoms with E-state index in [2.05, 4.69) is 19.9 Å². The molecule has 2 rings (SSSR count). The molecule has 0 aromatic heterocycles. The Balaban J connectivity index is 2.49. The van der Waals surface area contributed by atoms with Crippen molar-refractivity contribution in [2.24, 2.45) is 5.73 Å². The van der Waals surface area contributed by atoms with Gasteiger partial charge in [-0.1, -0.05) is 13.0 Å². The second-order valence-electron chi connectivity index (χ2n) is 4.92. The molecule has 1 aromatic carbocycles. The average Bonchev–Trinajstić information content (AvgIpc) is 2.57. The first kappa shape index (κ1) is 12.0. The zero-order chi connectivity index (χ0) is 12.6. The lowest BCUT2D eigenvalue weighted by atomic mass is 9.93. The van der Waals surface area contributed by atoms with Gasteiger partial charge in [0.15, 0.2) is 0 Å². The van der Waals surface area contributed by atoms with E-state index in [9.17, 15) is 4.79 Å². The maximum Gasteiger partial charge on any atom is 0.218 e. The Labute approximate surface area is 102 Å². The van der Waals surface area contributed by atoms with Gasteiger partial charge < -0.3 is 10.5 Å². The monoisotopic (exact) mass is 233 g/mol. The fraction of sp³-hybridized carbons (Fsp3) is 0.500. The van der Waals surface area contributed by atoms with Gasteiger partial charge in [-0.25, -0.2) is 0 Å². The molecule has 3 nitrogen and oxygen atoms in total. The summed E-state index contributed by atoms with van der Waals surface area (Å²) in [6.07, 6.45) is 1.42. The van der Waals surface area contributed by atoms with Gasteiger partial charge >= 0.3 is 0 Å². The molecule has 17 heavy (non-hydrogen) atoms. The second-order valence-corrected chi connectivity index (χ2v) is 4.92. The highest BCUT2D eigenvalue weighted by Gasteiger charge is 2.33. The summed E-state index contributed by atoms with van der Waals surface area (Å²) < 4.78 is 5.42. The van der Waals surface area contributed by atoms with Gasteiger partial charge in [0.25, 0.3) is 0 Å². The maximum absolute atomic E-state index is 11.1. The lowest BCUT2D eigenvalue weighted by Gasteiger charge is -2.14. The molecule has 0 heterocycles. The number of rotatable bonds is 3. The average molecular weight is 233 g/mol. The van der Waals surface area contributed by atoms with E-state index in [0.29, 0.717) is 12.3 Å². The number of aryl methyl sites for hydroxylation is 1. The molecule has 0 fully saturated rings. The Bertz CT molecular complexity index is 454. The van der Waals surface area contributed by atoms with Crippen LogP contribution in [0.25, 0.3) is 0 Å². The highest BCUT2D eigenvalue weighted by molar-refractivity contribution is 5.75. The number of carbonyl (C=O) groups is 1. The van der Waals surface area contributed by atoms with Crippen LogP contribution in [-0.2, 0) is 4.79 Å². The molecule has 0 spiro atoms. The first-order valence-electron chi connectivity index (χ1n) is 6.00. The number of hydrogen-bond donors (Lipinski definition) is 1. The predicted octanol–water partition coefficient (Wildman–Crippen LogP) is 2.47. The molecule has 2 N–H and O–H groups in total. The van der Waals surface area contributed by atoms with Crippen molar-refractivity contribution in [3.05, 3.63) is 28.8 Å². The first-order valence-corrected chi connectivity index (χ1v) is 6.00. The Hall–Kier alpha value is -1.51. The summed E-state index contributed by atoms with van der Waals surface area (Å²) in [6.45, 7) is 4.27. The van der Waals surface area contributed by atoms with Gasteiger partial charge in [0, 0.05) is 12.0 Å². The molecule has 0 radical (unpaired) electrons. The smallest absolute Gasteiger partial charge is 0.218 e. The van der Waals surface area contributed by atoms with Crippen molar-refractivity contribution >= 4 is 5.91 Å². The standard InChI is InChI=1S/C14H19NO2/c1-8-4-5-11(17-3)14-9(2)6-10(13(8)14)7-12(15)16/h4-5,9-10H,6-7H2,1-3H3,(H2,15,16). The minimum atomic E-state index is -0.225. The van der Waals surface area contributed by atoms with Gasteiger partial charge in [-0.3, -0.25) is 4.79 Å². The van der Waals surface area contributed by atoms with Crippen molar-refractivity contribution in [3.8, 4) is 5.75 Å². The summed E-state index contributed by atoms with van der Waals surface area (Å²) in [5.41, 5.74) is 9.09. The van der Waals surface area contributed by atoms with Crippen molar-refractivity contribution in [3.63, 3.8) is 0 Å². The minimum absolute atomic E-state index is 0.225. The summed E-state index contributed by atoms with van der Waals surface area (Å²) in [7, 11) is 1.69. The third-order valence-electron chi connectivity index (χ3n) is 3.67. The molecule has 2 atom stereocenters. The molecule has 1 aliphatic rings. The SMILES string of the molecule is COc1ccc(C)c2c1C(C)CC2CC(N)=O. The molecular weight excluding hydrogens is 214 g/mol. The second kappa shape index (κ2) is 4.40. The molecule has 0 aliphatic heterocycles. The quantitative estimate of drug-likeness (QED) is 0.872. The normalized spacial score (nSPS) is 22.3. The molecule has 2 unspecified atom stereocenters. The fourth-order valence-electron chi connectivity index (χ4n) is 3.04. The minimum Gasteiger partial charge on any atom is -0.496 e. The number of primary amides is 1. The largest absolute Gasteiger partial charge is 0.496 e. The maximum atomic E-state index is 11.1. The van der Waals surface area contributed by atoms with Crippen LogP contribution in [-0.4, -0.2) is 13.0 Å².